The van der Waals surface area contributed by atoms with Crippen LogP contribution in [0.2, 0.25) is 0 Å². The van der Waals surface area contributed by atoms with Gasteiger partial charge in [-0.25, -0.2) is 4.79 Å². The van der Waals surface area contributed by atoms with Crippen molar-refractivity contribution in [3.63, 3.8) is 0 Å². The molecule has 0 heterocycles. The minimum atomic E-state index is -0.898. The molecule has 0 aliphatic heterocycles. The van der Waals surface area contributed by atoms with Crippen LogP contribution in [0, 0.1) is 0 Å². The molecule has 17 heavy (non-hydrogen) atoms. The highest BCUT2D eigenvalue weighted by atomic mass is 79.9. The third-order valence-corrected chi connectivity index (χ3v) is 2.84. The maximum atomic E-state index is 10.3. The van der Waals surface area contributed by atoms with Gasteiger partial charge in [0.05, 0.1) is 0 Å². The Morgan fingerprint density at radius 2 is 2.29 bits per heavy atom. The second kappa shape index (κ2) is 7.25. The van der Waals surface area contributed by atoms with Crippen LogP contribution < -0.4 is 0 Å². The summed E-state index contributed by atoms with van der Waals surface area (Å²) < 4.78 is 1.09. The molecule has 0 spiro atoms. The van der Waals surface area contributed by atoms with Crippen LogP contribution in [0.5, 0.6) is 0 Å². The van der Waals surface area contributed by atoms with Crippen molar-refractivity contribution in [1.82, 2.24) is 4.90 Å². The Morgan fingerprint density at radius 3 is 2.94 bits per heavy atom. The maximum Gasteiger partial charge on any atom is 0.328 e. The van der Waals surface area contributed by atoms with Gasteiger partial charge in [0.15, 0.2) is 0 Å². The standard InChI is InChI=1S/C13H16BrNO2/c1-15(8-3-6-13(16)17)9-7-11-4-2-5-12(14)10-11/h2-6,10H,7-9H2,1H3,(H,16,17)/b6-3+. The summed E-state index contributed by atoms with van der Waals surface area (Å²) in [5.74, 6) is -0.898. The molecule has 0 atom stereocenters. The SMILES string of the molecule is CN(C/C=C/C(=O)O)CCc1cccc(Br)c1. The van der Waals surface area contributed by atoms with E-state index >= 15 is 0 Å². The molecule has 0 saturated heterocycles. The van der Waals surface area contributed by atoms with Gasteiger partial charge in [0, 0.05) is 23.6 Å². The normalized spacial score (nSPS) is 11.2. The van der Waals surface area contributed by atoms with Gasteiger partial charge in [-0.05, 0) is 31.2 Å². The van der Waals surface area contributed by atoms with Crippen molar-refractivity contribution in [2.24, 2.45) is 0 Å². The number of halogens is 1. The van der Waals surface area contributed by atoms with Gasteiger partial charge in [0.1, 0.15) is 0 Å². The summed E-state index contributed by atoms with van der Waals surface area (Å²) in [6, 6.07) is 8.21. The molecule has 0 saturated carbocycles. The van der Waals surface area contributed by atoms with E-state index in [0.717, 1.165) is 17.4 Å². The number of benzene rings is 1. The molecule has 92 valence electrons. The molecule has 3 nitrogen and oxygen atoms in total. The zero-order valence-electron chi connectivity index (χ0n) is 9.77. The first-order chi connectivity index (χ1) is 8.08. The van der Waals surface area contributed by atoms with Crippen LogP contribution >= 0.6 is 15.9 Å². The summed E-state index contributed by atoms with van der Waals surface area (Å²) in [5, 5.41) is 8.45. The molecule has 0 aliphatic carbocycles. The van der Waals surface area contributed by atoms with E-state index in [1.165, 1.54) is 11.6 Å². The number of hydrogen-bond acceptors (Lipinski definition) is 2. The molecule has 1 aromatic carbocycles. The van der Waals surface area contributed by atoms with Crippen LogP contribution in [-0.4, -0.2) is 36.1 Å². The quantitative estimate of drug-likeness (QED) is 0.821. The monoisotopic (exact) mass is 297 g/mol. The molecule has 0 aromatic heterocycles. The van der Waals surface area contributed by atoms with E-state index in [2.05, 4.69) is 33.0 Å². The van der Waals surface area contributed by atoms with Crippen molar-refractivity contribution >= 4 is 21.9 Å². The third-order valence-electron chi connectivity index (χ3n) is 2.35. The van der Waals surface area contributed by atoms with Crippen LogP contribution in [0.1, 0.15) is 5.56 Å². The van der Waals surface area contributed by atoms with Gasteiger partial charge in [0.2, 0.25) is 0 Å². The molecule has 1 rings (SSSR count). The van der Waals surface area contributed by atoms with Crippen LogP contribution in [0.15, 0.2) is 40.9 Å². The fourth-order valence-corrected chi connectivity index (χ4v) is 1.88. The van der Waals surface area contributed by atoms with Crippen LogP contribution in [-0.2, 0) is 11.2 Å². The van der Waals surface area contributed by atoms with Crippen molar-refractivity contribution < 1.29 is 9.90 Å². The highest BCUT2D eigenvalue weighted by Crippen LogP contribution is 2.12. The van der Waals surface area contributed by atoms with Crippen molar-refractivity contribution in [2.75, 3.05) is 20.1 Å². The van der Waals surface area contributed by atoms with Crippen molar-refractivity contribution in [3.05, 3.63) is 46.5 Å². The lowest BCUT2D eigenvalue weighted by atomic mass is 10.1. The van der Waals surface area contributed by atoms with Gasteiger partial charge >= 0.3 is 5.97 Å². The highest BCUT2D eigenvalue weighted by Gasteiger charge is 1.98. The first-order valence-electron chi connectivity index (χ1n) is 5.40. The molecule has 0 fully saturated rings. The van der Waals surface area contributed by atoms with E-state index in [9.17, 15) is 4.79 Å². The predicted octanol–water partition coefficient (Wildman–Crippen LogP) is 2.56. The van der Waals surface area contributed by atoms with Gasteiger partial charge in [-0.15, -0.1) is 0 Å². The van der Waals surface area contributed by atoms with E-state index in [0.29, 0.717) is 6.54 Å². The van der Waals surface area contributed by atoms with E-state index in [-0.39, 0.29) is 0 Å². The lowest BCUT2D eigenvalue weighted by molar-refractivity contribution is -0.131. The van der Waals surface area contributed by atoms with E-state index in [1.54, 1.807) is 6.08 Å². The molecule has 1 aromatic rings. The minimum absolute atomic E-state index is 0.653. The number of nitrogens with zero attached hydrogens (tertiary/aromatic N) is 1. The molecule has 4 heteroatoms. The second-order valence-electron chi connectivity index (χ2n) is 3.88. The zero-order valence-corrected chi connectivity index (χ0v) is 11.4. The Hall–Kier alpha value is -1.13. The smallest absolute Gasteiger partial charge is 0.328 e. The Balaban J connectivity index is 2.33. The highest BCUT2D eigenvalue weighted by molar-refractivity contribution is 9.10. The Bertz CT molecular complexity index is 404. The predicted molar refractivity (Wildman–Crippen MR) is 72.1 cm³/mol. The molecular formula is C13H16BrNO2. The number of rotatable bonds is 6. The zero-order chi connectivity index (χ0) is 12.7. The fraction of sp³-hybridized carbons (Fsp3) is 0.308. The average molecular weight is 298 g/mol. The summed E-state index contributed by atoms with van der Waals surface area (Å²) in [6.45, 7) is 1.56. The third kappa shape index (κ3) is 6.24. The van der Waals surface area contributed by atoms with Gasteiger partial charge < -0.3 is 10.0 Å². The maximum absolute atomic E-state index is 10.3. The summed E-state index contributed by atoms with van der Waals surface area (Å²) in [7, 11) is 1.98. The lowest BCUT2D eigenvalue weighted by Crippen LogP contribution is -2.21. The topological polar surface area (TPSA) is 40.5 Å². The molecule has 0 radical (unpaired) electrons. The number of aliphatic carboxylic acids is 1. The van der Waals surface area contributed by atoms with Crippen molar-refractivity contribution in [1.29, 1.82) is 0 Å². The van der Waals surface area contributed by atoms with E-state index in [4.69, 9.17) is 5.11 Å². The summed E-state index contributed by atoms with van der Waals surface area (Å²) >= 11 is 3.44. The lowest BCUT2D eigenvalue weighted by Gasteiger charge is -2.13. The number of carboxylic acids is 1. The molecule has 1 N–H and O–H groups in total. The van der Waals surface area contributed by atoms with E-state index in [1.807, 2.05) is 19.2 Å². The minimum Gasteiger partial charge on any atom is -0.478 e. The fourth-order valence-electron chi connectivity index (χ4n) is 1.44. The summed E-state index contributed by atoms with van der Waals surface area (Å²) in [6.07, 6.45) is 3.79. The van der Waals surface area contributed by atoms with Gasteiger partial charge in [0.25, 0.3) is 0 Å². The number of likely N-dealkylation sites (N-methyl/N-ethyl adjacent to an activating group) is 1. The first-order valence-corrected chi connectivity index (χ1v) is 6.19. The van der Waals surface area contributed by atoms with Gasteiger partial charge in [-0.1, -0.05) is 34.1 Å². The molecule has 0 bridgehead atoms. The summed E-state index contributed by atoms with van der Waals surface area (Å²) in [4.78, 5) is 12.4. The number of hydrogen-bond donors (Lipinski definition) is 1. The van der Waals surface area contributed by atoms with E-state index < -0.39 is 5.97 Å². The molecular weight excluding hydrogens is 282 g/mol. The van der Waals surface area contributed by atoms with Crippen LogP contribution in [0.25, 0.3) is 0 Å². The first kappa shape index (κ1) is 13.9. The summed E-state index contributed by atoms with van der Waals surface area (Å²) in [5.41, 5.74) is 1.27. The average Bonchev–Trinajstić information content (AvgIpc) is 2.26. The largest absolute Gasteiger partial charge is 0.478 e. The van der Waals surface area contributed by atoms with Crippen molar-refractivity contribution in [2.45, 2.75) is 6.42 Å². The van der Waals surface area contributed by atoms with Crippen LogP contribution in [0.4, 0.5) is 0 Å². The molecule has 0 amide bonds. The Kier molecular flexibility index (Phi) is 5.94. The van der Waals surface area contributed by atoms with Crippen molar-refractivity contribution in [3.8, 4) is 0 Å². The number of carboxylic acid groups (broad SMARTS) is 1. The van der Waals surface area contributed by atoms with Gasteiger partial charge in [-0.2, -0.15) is 0 Å². The molecule has 0 unspecified atom stereocenters. The molecule has 0 aliphatic rings. The van der Waals surface area contributed by atoms with Gasteiger partial charge in [-0.3, -0.25) is 0 Å². The Morgan fingerprint density at radius 1 is 1.53 bits per heavy atom. The van der Waals surface area contributed by atoms with Crippen LogP contribution in [0.3, 0.4) is 0 Å². The second-order valence-corrected chi connectivity index (χ2v) is 4.80. The Labute approximate surface area is 110 Å². The number of carbonyl (C=O) groups is 1.